The van der Waals surface area contributed by atoms with Crippen LogP contribution in [0, 0.1) is 5.92 Å². The quantitative estimate of drug-likeness (QED) is 0.313. The zero-order valence-electron chi connectivity index (χ0n) is 20.5. The first-order chi connectivity index (χ1) is 16.6. The Morgan fingerprint density at radius 1 is 1.11 bits per heavy atom. The highest BCUT2D eigenvalue weighted by Crippen LogP contribution is 2.39. The number of aromatic nitrogens is 2. The van der Waals surface area contributed by atoms with Crippen molar-refractivity contribution in [3.8, 4) is 17.1 Å². The van der Waals surface area contributed by atoms with Gasteiger partial charge in [0.15, 0.2) is 0 Å². The number of ether oxygens (including phenoxy) is 3. The summed E-state index contributed by atoms with van der Waals surface area (Å²) in [6.45, 7) is 9.61. The van der Waals surface area contributed by atoms with Gasteiger partial charge in [0.05, 0.1) is 29.0 Å². The van der Waals surface area contributed by atoms with Gasteiger partial charge < -0.3 is 18.8 Å². The predicted molar refractivity (Wildman–Crippen MR) is 129 cm³/mol. The molecule has 1 aromatic carbocycles. The number of cyclic esters (lactones) is 1. The number of fused-ring (bicyclic) bond motifs is 5. The number of aryl methyl sites for hydroxylation is 1. The van der Waals surface area contributed by atoms with Crippen LogP contribution in [0.25, 0.3) is 22.3 Å². The van der Waals surface area contributed by atoms with E-state index in [-0.39, 0.29) is 18.1 Å². The third kappa shape index (κ3) is 3.87. The maximum absolute atomic E-state index is 13.4. The molecule has 0 spiro atoms. The molecule has 0 saturated carbocycles. The summed E-state index contributed by atoms with van der Waals surface area (Å²) in [7, 11) is 0. The first kappa shape index (κ1) is 23.1. The normalized spacial score (nSPS) is 14.8. The minimum Gasteiger partial charge on any atom is -0.460 e. The molecular weight excluding hydrogens is 448 g/mol. The number of carbonyl (C=O) groups is 2. The third-order valence-corrected chi connectivity index (χ3v) is 6.35. The summed E-state index contributed by atoms with van der Waals surface area (Å²) in [5, 5.41) is 0.859. The van der Waals surface area contributed by atoms with Crippen molar-refractivity contribution in [1.29, 1.82) is 0 Å². The summed E-state index contributed by atoms with van der Waals surface area (Å²) >= 11 is 0. The Kier molecular flexibility index (Phi) is 5.42. The molecular formula is C27H27N2O6. The lowest BCUT2D eigenvalue weighted by Crippen LogP contribution is -2.32. The van der Waals surface area contributed by atoms with Gasteiger partial charge in [-0.25, -0.2) is 9.78 Å². The van der Waals surface area contributed by atoms with E-state index in [2.05, 4.69) is 0 Å². The van der Waals surface area contributed by atoms with Crippen LogP contribution in [0.2, 0.25) is 0 Å². The number of hydrogen-bond donors (Lipinski definition) is 0. The lowest BCUT2D eigenvalue weighted by atomic mass is 9.90. The molecule has 0 amide bonds. The molecule has 2 aromatic heterocycles. The van der Waals surface area contributed by atoms with E-state index >= 15 is 0 Å². The fourth-order valence-corrected chi connectivity index (χ4v) is 4.84. The Labute approximate surface area is 202 Å². The Balaban J connectivity index is 1.62. The lowest BCUT2D eigenvalue weighted by Gasteiger charge is -2.23. The van der Waals surface area contributed by atoms with E-state index in [4.69, 9.17) is 19.2 Å². The first-order valence-electron chi connectivity index (χ1n) is 11.8. The topological polar surface area (TPSA) is 96.7 Å². The van der Waals surface area contributed by atoms with Crippen molar-refractivity contribution in [2.24, 2.45) is 0 Å². The van der Waals surface area contributed by atoms with Gasteiger partial charge in [-0.05, 0) is 69.0 Å². The van der Waals surface area contributed by atoms with Gasteiger partial charge >= 0.3 is 12.1 Å². The average molecular weight is 476 g/mol. The van der Waals surface area contributed by atoms with E-state index in [1.165, 1.54) is 0 Å². The summed E-state index contributed by atoms with van der Waals surface area (Å²) in [4.78, 5) is 42.7. The SMILES string of the molecule is CC[C]1C(=O)OCc2c1cc1n(c2=O)Cc2c-1nc1ccc(OC(=O)OC(C)(C)C)cc1c2CC. The van der Waals surface area contributed by atoms with Gasteiger partial charge in [0, 0.05) is 10.9 Å². The van der Waals surface area contributed by atoms with Gasteiger partial charge in [0.1, 0.15) is 23.9 Å². The van der Waals surface area contributed by atoms with E-state index in [0.29, 0.717) is 47.9 Å². The Morgan fingerprint density at radius 3 is 2.57 bits per heavy atom. The third-order valence-electron chi connectivity index (χ3n) is 6.35. The van der Waals surface area contributed by atoms with Gasteiger partial charge in [-0.2, -0.15) is 0 Å². The largest absolute Gasteiger partial charge is 0.514 e. The van der Waals surface area contributed by atoms with Crippen molar-refractivity contribution in [3.05, 3.63) is 62.8 Å². The van der Waals surface area contributed by atoms with Gasteiger partial charge in [0.25, 0.3) is 5.56 Å². The fourth-order valence-electron chi connectivity index (χ4n) is 4.84. The number of benzene rings is 1. The highest BCUT2D eigenvalue weighted by atomic mass is 16.7. The number of carbonyl (C=O) groups excluding carboxylic acids is 2. The molecule has 5 rings (SSSR count). The Morgan fingerprint density at radius 2 is 1.89 bits per heavy atom. The molecule has 1 radical (unpaired) electrons. The molecule has 0 aliphatic carbocycles. The second kappa shape index (κ2) is 8.22. The minimum atomic E-state index is -0.770. The zero-order chi connectivity index (χ0) is 25.1. The van der Waals surface area contributed by atoms with Crippen molar-refractivity contribution in [2.75, 3.05) is 0 Å². The van der Waals surface area contributed by atoms with Crippen molar-refractivity contribution in [2.45, 2.75) is 66.2 Å². The molecule has 4 heterocycles. The number of esters is 1. The summed E-state index contributed by atoms with van der Waals surface area (Å²) < 4.78 is 17.6. The van der Waals surface area contributed by atoms with Crippen LogP contribution < -0.4 is 10.3 Å². The number of rotatable bonds is 3. The van der Waals surface area contributed by atoms with E-state index in [0.717, 1.165) is 27.7 Å². The molecule has 0 bridgehead atoms. The minimum absolute atomic E-state index is 0.0193. The van der Waals surface area contributed by atoms with E-state index in [9.17, 15) is 14.4 Å². The van der Waals surface area contributed by atoms with Crippen LogP contribution in [0.15, 0.2) is 29.1 Å². The summed E-state index contributed by atoms with van der Waals surface area (Å²) in [6, 6.07) is 7.17. The highest BCUT2D eigenvalue weighted by molar-refractivity contribution is 5.93. The Bertz CT molecular complexity index is 1450. The second-order valence-corrected chi connectivity index (χ2v) is 9.74. The van der Waals surface area contributed by atoms with Crippen molar-refractivity contribution in [1.82, 2.24) is 9.55 Å². The molecule has 0 atom stereocenters. The van der Waals surface area contributed by atoms with Crippen molar-refractivity contribution >= 4 is 23.0 Å². The van der Waals surface area contributed by atoms with Gasteiger partial charge in [-0.15, -0.1) is 0 Å². The Hall–Kier alpha value is -3.68. The first-order valence-corrected chi connectivity index (χ1v) is 11.8. The van der Waals surface area contributed by atoms with Gasteiger partial charge in [-0.3, -0.25) is 9.59 Å². The predicted octanol–water partition coefficient (Wildman–Crippen LogP) is 4.69. The van der Waals surface area contributed by atoms with Crippen LogP contribution >= 0.6 is 0 Å². The molecule has 0 N–H and O–H groups in total. The molecule has 2 aliphatic rings. The molecule has 35 heavy (non-hydrogen) atoms. The van der Waals surface area contributed by atoms with Gasteiger partial charge in [0.2, 0.25) is 0 Å². The fraction of sp³-hybridized carbons (Fsp3) is 0.370. The van der Waals surface area contributed by atoms with E-state index in [1.54, 1.807) is 43.5 Å². The zero-order valence-corrected chi connectivity index (χ0v) is 20.5. The molecule has 0 saturated heterocycles. The van der Waals surface area contributed by atoms with Crippen LogP contribution in [-0.2, 0) is 33.8 Å². The maximum Gasteiger partial charge on any atom is 0.514 e. The standard InChI is InChI=1S/C27H27N2O6/c1-6-15-18-10-14(34-26(32)35-27(3,4)5)8-9-21(18)28-23-19(15)12-29-22(23)11-17-16(7-2)25(31)33-13-20(17)24(29)30/h8-11H,6-7,12-13H2,1-5H3. The maximum atomic E-state index is 13.4. The lowest BCUT2D eigenvalue weighted by molar-refractivity contribution is -0.143. The van der Waals surface area contributed by atoms with Crippen LogP contribution in [0.1, 0.15) is 63.3 Å². The summed E-state index contributed by atoms with van der Waals surface area (Å²) in [6.07, 6.45) is 0.411. The van der Waals surface area contributed by atoms with Crippen molar-refractivity contribution in [3.63, 3.8) is 0 Å². The summed E-state index contributed by atoms with van der Waals surface area (Å²) in [5.41, 5.74) is 4.52. The number of pyridine rings is 2. The van der Waals surface area contributed by atoms with E-state index < -0.39 is 11.8 Å². The molecule has 0 fully saturated rings. The van der Waals surface area contributed by atoms with Crippen molar-refractivity contribution < 1.29 is 23.8 Å². The molecule has 2 aliphatic heterocycles. The van der Waals surface area contributed by atoms with Crippen LogP contribution in [-0.4, -0.2) is 27.3 Å². The molecule has 8 heteroatoms. The van der Waals surface area contributed by atoms with Crippen LogP contribution in [0.4, 0.5) is 4.79 Å². The van der Waals surface area contributed by atoms with Gasteiger partial charge in [-0.1, -0.05) is 13.8 Å². The smallest absolute Gasteiger partial charge is 0.460 e. The number of hydrogen-bond acceptors (Lipinski definition) is 7. The monoisotopic (exact) mass is 475 g/mol. The highest BCUT2D eigenvalue weighted by Gasteiger charge is 2.35. The second-order valence-electron chi connectivity index (χ2n) is 9.74. The van der Waals surface area contributed by atoms with Crippen LogP contribution in [0.5, 0.6) is 5.75 Å². The molecule has 3 aromatic rings. The van der Waals surface area contributed by atoms with Crippen LogP contribution in [0.3, 0.4) is 0 Å². The number of nitrogens with zero attached hydrogens (tertiary/aromatic N) is 2. The molecule has 181 valence electrons. The molecule has 0 unspecified atom stereocenters. The van der Waals surface area contributed by atoms with E-state index in [1.807, 2.05) is 19.9 Å². The average Bonchev–Trinajstić information content (AvgIpc) is 3.14. The molecule has 8 nitrogen and oxygen atoms in total. The summed E-state index contributed by atoms with van der Waals surface area (Å²) in [5.74, 6) is 0.505.